The Labute approximate surface area is 158 Å². The number of nitrogens with one attached hydrogen (secondary N) is 1. The van der Waals surface area contributed by atoms with E-state index in [9.17, 15) is 4.79 Å². The number of carbonyl (C=O) groups is 1. The summed E-state index contributed by atoms with van der Waals surface area (Å²) in [6.45, 7) is 13.1. The fourth-order valence-corrected chi connectivity index (χ4v) is 3.58. The van der Waals surface area contributed by atoms with E-state index in [1.54, 1.807) is 13.0 Å². The first-order valence-electron chi connectivity index (χ1n) is 9.28. The van der Waals surface area contributed by atoms with Crippen LogP contribution in [0.4, 0.5) is 0 Å². The molecule has 0 amide bonds. The summed E-state index contributed by atoms with van der Waals surface area (Å²) < 4.78 is 0. The Morgan fingerprint density at radius 2 is 1.62 bits per heavy atom. The second kappa shape index (κ2) is 7.57. The highest BCUT2D eigenvalue weighted by molar-refractivity contribution is 5.86. The van der Waals surface area contributed by atoms with E-state index < -0.39 is 0 Å². The molecule has 0 fully saturated rings. The van der Waals surface area contributed by atoms with Gasteiger partial charge in [0.25, 0.3) is 0 Å². The standard InChI is InChI=1S/C24H31NO/c1-17(16-26)7-9-20(15-25)18(2)13-19-8-10-21-22(14-19)24(5,6)12-11-23(21,3)4/h7-10,13-16,25H,11-12H2,1-6H3/b17-7+,18-13+,20-9+,25-15?. The van der Waals surface area contributed by atoms with Gasteiger partial charge in [-0.05, 0) is 70.9 Å². The molecule has 1 N–H and O–H groups in total. The molecule has 0 aliphatic heterocycles. The van der Waals surface area contributed by atoms with E-state index in [4.69, 9.17) is 5.41 Å². The van der Waals surface area contributed by atoms with E-state index in [0.29, 0.717) is 5.57 Å². The van der Waals surface area contributed by atoms with E-state index in [-0.39, 0.29) is 10.8 Å². The number of hydrogen-bond donors (Lipinski definition) is 1. The molecule has 0 saturated carbocycles. The summed E-state index contributed by atoms with van der Waals surface area (Å²) in [7, 11) is 0. The summed E-state index contributed by atoms with van der Waals surface area (Å²) in [6, 6.07) is 6.77. The van der Waals surface area contributed by atoms with Crippen LogP contribution in [0.2, 0.25) is 0 Å². The summed E-state index contributed by atoms with van der Waals surface area (Å²) in [5.74, 6) is 0. The van der Waals surface area contributed by atoms with Crippen molar-refractivity contribution in [3.63, 3.8) is 0 Å². The molecule has 0 radical (unpaired) electrons. The number of carbonyl (C=O) groups excluding carboxylic acids is 1. The summed E-state index contributed by atoms with van der Waals surface area (Å²) >= 11 is 0. The Bertz CT molecular complexity index is 803. The van der Waals surface area contributed by atoms with Crippen molar-refractivity contribution in [2.75, 3.05) is 0 Å². The Balaban J connectivity index is 2.45. The zero-order valence-electron chi connectivity index (χ0n) is 16.9. The molecule has 1 aliphatic rings. The van der Waals surface area contributed by atoms with Crippen LogP contribution in [0, 0.1) is 5.41 Å². The van der Waals surface area contributed by atoms with E-state index >= 15 is 0 Å². The molecule has 0 spiro atoms. The van der Waals surface area contributed by atoms with Gasteiger partial charge >= 0.3 is 0 Å². The minimum atomic E-state index is 0.187. The highest BCUT2D eigenvalue weighted by Crippen LogP contribution is 2.46. The molecule has 0 saturated heterocycles. The highest BCUT2D eigenvalue weighted by atomic mass is 16.1. The van der Waals surface area contributed by atoms with E-state index in [0.717, 1.165) is 23.0 Å². The van der Waals surface area contributed by atoms with Crippen LogP contribution in [0.1, 0.15) is 71.1 Å². The van der Waals surface area contributed by atoms with Crippen molar-refractivity contribution in [3.8, 4) is 0 Å². The van der Waals surface area contributed by atoms with Crippen molar-refractivity contribution in [2.45, 2.75) is 65.2 Å². The van der Waals surface area contributed by atoms with Crippen molar-refractivity contribution in [3.05, 3.63) is 63.8 Å². The summed E-state index contributed by atoms with van der Waals surface area (Å²) in [6.07, 6.45) is 10.3. The van der Waals surface area contributed by atoms with Crippen LogP contribution in [-0.4, -0.2) is 12.5 Å². The largest absolute Gasteiger partial charge is 0.308 e. The number of allylic oxidation sites excluding steroid dienone is 5. The molecule has 0 unspecified atom stereocenters. The Kier molecular flexibility index (Phi) is 5.85. The lowest BCUT2D eigenvalue weighted by Gasteiger charge is -2.42. The van der Waals surface area contributed by atoms with Crippen LogP contribution < -0.4 is 0 Å². The Morgan fingerprint density at radius 3 is 2.19 bits per heavy atom. The van der Waals surface area contributed by atoms with Crippen LogP contribution in [-0.2, 0) is 15.6 Å². The summed E-state index contributed by atoms with van der Waals surface area (Å²) in [5.41, 5.74) is 6.94. The third-order valence-corrected chi connectivity index (χ3v) is 5.58. The molecule has 1 aromatic carbocycles. The minimum Gasteiger partial charge on any atom is -0.308 e. The molecule has 2 nitrogen and oxygen atoms in total. The van der Waals surface area contributed by atoms with Crippen LogP contribution in [0.5, 0.6) is 0 Å². The van der Waals surface area contributed by atoms with E-state index in [1.165, 1.54) is 30.2 Å². The quantitative estimate of drug-likeness (QED) is 0.294. The molecule has 26 heavy (non-hydrogen) atoms. The average Bonchev–Trinajstić information content (AvgIpc) is 2.59. The average molecular weight is 350 g/mol. The maximum Gasteiger partial charge on any atom is 0.145 e. The van der Waals surface area contributed by atoms with Crippen molar-refractivity contribution < 1.29 is 4.79 Å². The maximum atomic E-state index is 10.7. The lowest BCUT2D eigenvalue weighted by Crippen LogP contribution is -2.33. The molecular weight excluding hydrogens is 318 g/mol. The lowest BCUT2D eigenvalue weighted by atomic mass is 9.63. The SMILES string of the molecule is C\C(C=O)=C/C=C(C=N)/C(C)=C/c1ccc2c(c1)C(C)(C)CCC2(C)C. The van der Waals surface area contributed by atoms with Crippen molar-refractivity contribution in [1.82, 2.24) is 0 Å². The smallest absolute Gasteiger partial charge is 0.145 e. The van der Waals surface area contributed by atoms with Gasteiger partial charge < -0.3 is 5.41 Å². The molecule has 0 heterocycles. The highest BCUT2D eigenvalue weighted by Gasteiger charge is 2.36. The van der Waals surface area contributed by atoms with Gasteiger partial charge in [-0.1, -0.05) is 64.1 Å². The number of benzene rings is 1. The molecule has 1 aliphatic carbocycles. The normalized spacial score (nSPS) is 19.7. The van der Waals surface area contributed by atoms with Crippen LogP contribution >= 0.6 is 0 Å². The zero-order chi connectivity index (χ0) is 19.5. The van der Waals surface area contributed by atoms with Gasteiger partial charge in [0.1, 0.15) is 6.29 Å². The second-order valence-electron chi connectivity index (χ2n) is 8.70. The van der Waals surface area contributed by atoms with Crippen molar-refractivity contribution >= 4 is 18.6 Å². The van der Waals surface area contributed by atoms with Gasteiger partial charge in [-0.2, -0.15) is 0 Å². The van der Waals surface area contributed by atoms with Crippen LogP contribution in [0.15, 0.2) is 47.1 Å². The van der Waals surface area contributed by atoms with Gasteiger partial charge in [0.05, 0.1) is 0 Å². The topological polar surface area (TPSA) is 40.9 Å². The Morgan fingerprint density at radius 1 is 1.00 bits per heavy atom. The molecule has 2 rings (SSSR count). The molecule has 0 aromatic heterocycles. The first-order valence-corrected chi connectivity index (χ1v) is 9.28. The first kappa shape index (κ1) is 20.1. The van der Waals surface area contributed by atoms with E-state index in [1.807, 2.05) is 13.0 Å². The molecular formula is C24H31NO. The van der Waals surface area contributed by atoms with Crippen LogP contribution in [0.3, 0.4) is 0 Å². The predicted molar refractivity (Wildman–Crippen MR) is 112 cm³/mol. The lowest BCUT2D eigenvalue weighted by molar-refractivity contribution is -0.104. The molecule has 0 atom stereocenters. The number of hydrogen-bond acceptors (Lipinski definition) is 2. The van der Waals surface area contributed by atoms with Gasteiger partial charge in [0.15, 0.2) is 0 Å². The third-order valence-electron chi connectivity index (χ3n) is 5.58. The molecule has 2 heteroatoms. The van der Waals surface area contributed by atoms with Gasteiger partial charge in [0.2, 0.25) is 0 Å². The number of fused-ring (bicyclic) bond motifs is 1. The number of rotatable bonds is 5. The predicted octanol–water partition coefficient (Wildman–Crippen LogP) is 6.16. The number of aldehydes is 1. The minimum absolute atomic E-state index is 0.187. The summed E-state index contributed by atoms with van der Waals surface area (Å²) in [5, 5.41) is 7.67. The van der Waals surface area contributed by atoms with Crippen molar-refractivity contribution in [2.24, 2.45) is 0 Å². The molecule has 0 bridgehead atoms. The van der Waals surface area contributed by atoms with Gasteiger partial charge in [-0.15, -0.1) is 0 Å². The van der Waals surface area contributed by atoms with Gasteiger partial charge in [0, 0.05) is 6.21 Å². The summed E-state index contributed by atoms with van der Waals surface area (Å²) in [4.78, 5) is 10.7. The maximum absolute atomic E-state index is 10.7. The fourth-order valence-electron chi connectivity index (χ4n) is 3.58. The van der Waals surface area contributed by atoms with Crippen molar-refractivity contribution in [1.29, 1.82) is 5.41 Å². The third kappa shape index (κ3) is 4.30. The monoisotopic (exact) mass is 349 g/mol. The molecule has 138 valence electrons. The van der Waals surface area contributed by atoms with E-state index in [2.05, 4.69) is 52.0 Å². The van der Waals surface area contributed by atoms with Crippen LogP contribution in [0.25, 0.3) is 6.08 Å². The molecule has 1 aromatic rings. The second-order valence-corrected chi connectivity index (χ2v) is 8.70. The Hall–Kier alpha value is -2.22. The van der Waals surface area contributed by atoms with Gasteiger partial charge in [-0.3, -0.25) is 4.79 Å². The van der Waals surface area contributed by atoms with Gasteiger partial charge in [-0.25, -0.2) is 0 Å². The first-order chi connectivity index (χ1) is 12.1. The zero-order valence-corrected chi connectivity index (χ0v) is 16.9. The fraction of sp³-hybridized carbons (Fsp3) is 0.417.